The van der Waals surface area contributed by atoms with Crippen LogP contribution in [0.2, 0.25) is 0 Å². The fraction of sp³-hybridized carbons (Fsp3) is 0.667. The van der Waals surface area contributed by atoms with Gasteiger partial charge in [0.05, 0.1) is 0 Å². The summed E-state index contributed by atoms with van der Waals surface area (Å²) in [4.78, 5) is 6.79. The van der Waals surface area contributed by atoms with Gasteiger partial charge >= 0.3 is 0 Å². The van der Waals surface area contributed by atoms with Crippen LogP contribution in [0.1, 0.15) is 33.3 Å². The Labute approximate surface area is 112 Å². The van der Waals surface area contributed by atoms with Crippen molar-refractivity contribution in [2.75, 3.05) is 31.1 Å². The van der Waals surface area contributed by atoms with Crippen LogP contribution in [0.4, 0.5) is 5.82 Å². The number of aryl methyl sites for hydroxylation is 1. The number of pyridine rings is 1. The number of hydrogen-bond donors (Lipinski definition) is 1. The van der Waals surface area contributed by atoms with Gasteiger partial charge in [0, 0.05) is 37.8 Å². The second kappa shape index (κ2) is 6.74. The fourth-order valence-corrected chi connectivity index (χ4v) is 2.27. The van der Waals surface area contributed by atoms with E-state index in [1.54, 1.807) is 0 Å². The second-order valence-electron chi connectivity index (χ2n) is 4.65. The van der Waals surface area contributed by atoms with Gasteiger partial charge in [0.25, 0.3) is 0 Å². The van der Waals surface area contributed by atoms with Gasteiger partial charge in [-0.2, -0.15) is 0 Å². The minimum atomic E-state index is 0.590. The summed E-state index contributed by atoms with van der Waals surface area (Å²) in [6.45, 7) is 14.8. The summed E-state index contributed by atoms with van der Waals surface area (Å²) < 4.78 is 0. The molecule has 18 heavy (non-hydrogen) atoms. The molecule has 0 aromatic carbocycles. The van der Waals surface area contributed by atoms with Crippen molar-refractivity contribution in [3.8, 4) is 0 Å². The zero-order valence-electron chi connectivity index (χ0n) is 12.5. The largest absolute Gasteiger partial charge is 0.355 e. The minimum absolute atomic E-state index is 0.590. The van der Waals surface area contributed by atoms with E-state index in [4.69, 9.17) is 0 Å². The molecule has 2 aliphatic heterocycles. The van der Waals surface area contributed by atoms with Gasteiger partial charge in [0.15, 0.2) is 0 Å². The molecular weight excluding hydrogens is 222 g/mol. The second-order valence-corrected chi connectivity index (χ2v) is 4.65. The topological polar surface area (TPSA) is 28.2 Å². The van der Waals surface area contributed by atoms with Gasteiger partial charge in [-0.05, 0) is 18.6 Å². The maximum Gasteiger partial charge on any atom is 0.128 e. The first-order valence-corrected chi connectivity index (χ1v) is 7.16. The van der Waals surface area contributed by atoms with E-state index < -0.39 is 0 Å². The van der Waals surface area contributed by atoms with E-state index in [0.717, 1.165) is 5.82 Å². The van der Waals surface area contributed by atoms with Crippen molar-refractivity contribution in [1.29, 1.82) is 0 Å². The molecule has 2 aliphatic rings. The monoisotopic (exact) mass is 249 g/mol. The third kappa shape index (κ3) is 3.02. The van der Waals surface area contributed by atoms with Crippen LogP contribution in [-0.2, 0) is 0 Å². The molecule has 1 aromatic heterocycles. The molecule has 1 N–H and O–H groups in total. The molecule has 0 radical (unpaired) electrons. The Hall–Kier alpha value is -1.09. The fourth-order valence-electron chi connectivity index (χ4n) is 2.27. The molecule has 2 saturated heterocycles. The van der Waals surface area contributed by atoms with Gasteiger partial charge in [0.1, 0.15) is 5.82 Å². The zero-order valence-corrected chi connectivity index (χ0v) is 12.5. The normalized spacial score (nSPS) is 18.6. The summed E-state index contributed by atoms with van der Waals surface area (Å²) in [6.07, 6.45) is 1.94. The molecule has 3 heterocycles. The smallest absolute Gasteiger partial charge is 0.128 e. The molecule has 1 spiro atoms. The van der Waals surface area contributed by atoms with Crippen molar-refractivity contribution < 1.29 is 0 Å². The van der Waals surface area contributed by atoms with E-state index in [-0.39, 0.29) is 0 Å². The van der Waals surface area contributed by atoms with Crippen molar-refractivity contribution in [2.45, 2.75) is 34.6 Å². The van der Waals surface area contributed by atoms with E-state index >= 15 is 0 Å². The number of hydrogen-bond acceptors (Lipinski definition) is 3. The van der Waals surface area contributed by atoms with Gasteiger partial charge in [-0.3, -0.25) is 0 Å². The van der Waals surface area contributed by atoms with E-state index in [2.05, 4.69) is 34.3 Å². The first-order valence-electron chi connectivity index (χ1n) is 7.16. The number of nitrogens with zero attached hydrogens (tertiary/aromatic N) is 2. The van der Waals surface area contributed by atoms with E-state index in [1.165, 1.54) is 31.7 Å². The Bertz CT molecular complexity index is 333. The van der Waals surface area contributed by atoms with Crippen molar-refractivity contribution in [2.24, 2.45) is 5.41 Å². The number of aromatic nitrogens is 1. The van der Waals surface area contributed by atoms with Crippen LogP contribution in [0.25, 0.3) is 0 Å². The molecule has 0 amide bonds. The molecule has 0 atom stereocenters. The lowest BCUT2D eigenvalue weighted by atomic mass is 9.74. The molecule has 3 nitrogen and oxygen atoms in total. The molecule has 2 fully saturated rings. The highest BCUT2D eigenvalue weighted by Gasteiger charge is 2.47. The number of anilines is 1. The highest BCUT2D eigenvalue weighted by molar-refractivity contribution is 5.44. The Kier molecular flexibility index (Phi) is 5.60. The highest BCUT2D eigenvalue weighted by Crippen LogP contribution is 2.36. The molecular formula is C15H27N3. The Morgan fingerprint density at radius 1 is 1.11 bits per heavy atom. The summed E-state index contributed by atoms with van der Waals surface area (Å²) in [6, 6.07) is 4.25. The van der Waals surface area contributed by atoms with Crippen LogP contribution >= 0.6 is 0 Å². The van der Waals surface area contributed by atoms with Crippen LogP contribution in [0.5, 0.6) is 0 Å². The van der Waals surface area contributed by atoms with Crippen molar-refractivity contribution in [1.82, 2.24) is 10.3 Å². The number of nitrogens with one attached hydrogen (secondary N) is 1. The van der Waals surface area contributed by atoms with Crippen LogP contribution in [-0.4, -0.2) is 31.2 Å². The van der Waals surface area contributed by atoms with Crippen molar-refractivity contribution >= 4 is 5.82 Å². The van der Waals surface area contributed by atoms with Crippen LogP contribution < -0.4 is 10.2 Å². The summed E-state index contributed by atoms with van der Waals surface area (Å²) >= 11 is 0. The summed E-state index contributed by atoms with van der Waals surface area (Å²) in [5, 5.41) is 3.34. The maximum atomic E-state index is 4.43. The van der Waals surface area contributed by atoms with Gasteiger partial charge in [-0.1, -0.05) is 33.8 Å². The quantitative estimate of drug-likeness (QED) is 0.829. The first-order chi connectivity index (χ1) is 8.77. The molecule has 0 bridgehead atoms. The van der Waals surface area contributed by atoms with Crippen molar-refractivity contribution in [3.05, 3.63) is 23.9 Å². The third-order valence-electron chi connectivity index (χ3n) is 3.27. The van der Waals surface area contributed by atoms with E-state index in [9.17, 15) is 0 Å². The predicted molar refractivity (Wildman–Crippen MR) is 79.2 cm³/mol. The highest BCUT2D eigenvalue weighted by atomic mass is 15.3. The van der Waals surface area contributed by atoms with Gasteiger partial charge in [-0.15, -0.1) is 0 Å². The van der Waals surface area contributed by atoms with Crippen LogP contribution in [0.15, 0.2) is 18.3 Å². The molecule has 3 heteroatoms. The summed E-state index contributed by atoms with van der Waals surface area (Å²) in [5.74, 6) is 1.13. The minimum Gasteiger partial charge on any atom is -0.355 e. The molecule has 102 valence electrons. The average molecular weight is 249 g/mol. The van der Waals surface area contributed by atoms with Gasteiger partial charge in [-0.25, -0.2) is 4.98 Å². The first kappa shape index (κ1) is 15.0. The summed E-state index contributed by atoms with van der Waals surface area (Å²) in [7, 11) is 0. The van der Waals surface area contributed by atoms with Crippen LogP contribution in [0, 0.1) is 12.3 Å². The molecule has 3 rings (SSSR count). The average Bonchev–Trinajstić information content (AvgIpc) is 2.33. The Morgan fingerprint density at radius 2 is 1.72 bits per heavy atom. The zero-order chi connectivity index (χ0) is 13.6. The van der Waals surface area contributed by atoms with E-state index in [0.29, 0.717) is 5.41 Å². The summed E-state index contributed by atoms with van der Waals surface area (Å²) in [5.41, 5.74) is 1.82. The Balaban J connectivity index is 0.000000371. The molecule has 0 unspecified atom stereocenters. The van der Waals surface area contributed by atoms with E-state index in [1.807, 2.05) is 33.9 Å². The lowest BCUT2D eigenvalue weighted by Gasteiger charge is -2.56. The molecule has 1 aromatic rings. The predicted octanol–water partition coefficient (Wildman–Crippen LogP) is 2.85. The van der Waals surface area contributed by atoms with Crippen LogP contribution in [0.3, 0.4) is 0 Å². The number of rotatable bonds is 1. The maximum absolute atomic E-state index is 4.43. The van der Waals surface area contributed by atoms with Gasteiger partial charge in [0.2, 0.25) is 0 Å². The lowest BCUT2D eigenvalue weighted by Crippen LogP contribution is -2.71. The Morgan fingerprint density at radius 3 is 2.11 bits per heavy atom. The standard InChI is InChI=1S/C11H15N3.2C2H6/c1-9-2-3-10(13-4-9)14-7-11(8-14)5-12-6-11;2*1-2/h2-4,12H,5-8H2,1H3;2*1-2H3. The molecule has 0 saturated carbocycles. The molecule has 0 aliphatic carbocycles. The SMILES string of the molecule is CC.CC.Cc1ccc(N2CC3(CNC3)C2)nc1. The third-order valence-corrected chi connectivity index (χ3v) is 3.27. The lowest BCUT2D eigenvalue weighted by molar-refractivity contribution is 0.120. The van der Waals surface area contributed by atoms with Crippen molar-refractivity contribution in [3.63, 3.8) is 0 Å². The van der Waals surface area contributed by atoms with Gasteiger partial charge < -0.3 is 10.2 Å².